The minimum atomic E-state index is -4.46. The monoisotopic (exact) mass is 512 g/mol. The Labute approximate surface area is 202 Å². The third-order valence-corrected chi connectivity index (χ3v) is 10.3. The third kappa shape index (κ3) is 4.47. The Morgan fingerprint density at radius 1 is 0.971 bits per heavy atom. The van der Waals surface area contributed by atoms with Crippen molar-refractivity contribution >= 4 is 27.7 Å². The van der Waals surface area contributed by atoms with Crippen LogP contribution in [0.25, 0.3) is 0 Å². The molecule has 0 bridgehead atoms. The van der Waals surface area contributed by atoms with Crippen molar-refractivity contribution in [2.45, 2.75) is 49.6 Å². The van der Waals surface area contributed by atoms with E-state index in [2.05, 4.69) is 0 Å². The van der Waals surface area contributed by atoms with E-state index in [1.165, 1.54) is 16.4 Å². The number of carbonyl (C=O) groups is 1. The van der Waals surface area contributed by atoms with Gasteiger partial charge < -0.3 is 4.90 Å². The summed E-state index contributed by atoms with van der Waals surface area (Å²) < 4.78 is 67.0. The fourth-order valence-corrected chi connectivity index (χ4v) is 8.35. The van der Waals surface area contributed by atoms with E-state index < -0.39 is 26.6 Å². The lowest BCUT2D eigenvalue weighted by molar-refractivity contribution is -0.137. The Morgan fingerprint density at radius 3 is 2.06 bits per heavy atom. The molecule has 0 N–H and O–H groups in total. The van der Waals surface area contributed by atoms with Crippen LogP contribution in [0.15, 0.2) is 41.3 Å². The number of rotatable bonds is 3. The molecule has 0 aromatic heterocycles. The van der Waals surface area contributed by atoms with Crippen LogP contribution in [0.3, 0.4) is 0 Å². The number of amides is 1. The molecule has 2 aromatic carbocycles. The summed E-state index contributed by atoms with van der Waals surface area (Å²) >= 11 is 1.62. The van der Waals surface area contributed by atoms with E-state index in [-0.39, 0.29) is 24.6 Å². The highest BCUT2D eigenvalue weighted by molar-refractivity contribution is 8.00. The van der Waals surface area contributed by atoms with Gasteiger partial charge in [-0.05, 0) is 69.0 Å². The molecule has 0 aliphatic carbocycles. The van der Waals surface area contributed by atoms with Gasteiger partial charge in [0.05, 0.1) is 15.3 Å². The average molecular weight is 513 g/mol. The second-order valence-corrected chi connectivity index (χ2v) is 12.3. The molecule has 2 fully saturated rings. The van der Waals surface area contributed by atoms with Crippen LogP contribution < -0.4 is 0 Å². The SMILES string of the molecule is Cc1cc(C)c(S(=O)(=O)N2CCC3(CC2)SCCN3C(=O)c2ccc(C(F)(F)F)cc2)c(C)c1. The second-order valence-electron chi connectivity index (χ2n) is 8.96. The van der Waals surface area contributed by atoms with Crippen LogP contribution >= 0.6 is 11.8 Å². The zero-order valence-corrected chi connectivity index (χ0v) is 20.9. The van der Waals surface area contributed by atoms with Crippen molar-refractivity contribution in [3.8, 4) is 0 Å². The number of hydrogen-bond acceptors (Lipinski definition) is 4. The van der Waals surface area contributed by atoms with Gasteiger partial charge in [-0.3, -0.25) is 4.79 Å². The summed E-state index contributed by atoms with van der Waals surface area (Å²) in [5, 5.41) is 0. The molecule has 2 saturated heterocycles. The number of hydrogen-bond donors (Lipinski definition) is 0. The van der Waals surface area contributed by atoms with E-state index in [9.17, 15) is 26.4 Å². The molecule has 184 valence electrons. The maximum atomic E-state index is 13.4. The molecule has 34 heavy (non-hydrogen) atoms. The van der Waals surface area contributed by atoms with Crippen LogP contribution in [0.1, 0.15) is 45.5 Å². The van der Waals surface area contributed by atoms with Crippen molar-refractivity contribution in [3.05, 3.63) is 64.2 Å². The summed E-state index contributed by atoms with van der Waals surface area (Å²) in [5.41, 5.74) is 1.84. The van der Waals surface area contributed by atoms with E-state index in [0.717, 1.165) is 17.7 Å². The van der Waals surface area contributed by atoms with Gasteiger partial charge in [0.1, 0.15) is 0 Å². The molecule has 1 spiro atoms. The van der Waals surface area contributed by atoms with Crippen LogP contribution in [-0.4, -0.2) is 53.8 Å². The van der Waals surface area contributed by atoms with E-state index in [4.69, 9.17) is 0 Å². The number of aryl methyl sites for hydroxylation is 3. The van der Waals surface area contributed by atoms with Crippen molar-refractivity contribution < 1.29 is 26.4 Å². The highest BCUT2D eigenvalue weighted by atomic mass is 32.2. The first-order chi connectivity index (χ1) is 15.8. The fraction of sp³-hybridized carbons (Fsp3) is 0.458. The van der Waals surface area contributed by atoms with Crippen LogP contribution in [0, 0.1) is 20.8 Å². The summed E-state index contributed by atoms with van der Waals surface area (Å²) in [6.45, 7) is 6.57. The fourth-order valence-electron chi connectivity index (χ4n) is 5.05. The van der Waals surface area contributed by atoms with Gasteiger partial charge in [-0.1, -0.05) is 17.7 Å². The van der Waals surface area contributed by atoms with E-state index >= 15 is 0 Å². The Hall–Kier alpha value is -2.04. The van der Waals surface area contributed by atoms with Gasteiger partial charge in [0, 0.05) is 31.0 Å². The first kappa shape index (κ1) is 25.1. The molecule has 2 heterocycles. The second kappa shape index (κ2) is 8.87. The smallest absolute Gasteiger partial charge is 0.323 e. The van der Waals surface area contributed by atoms with Crippen molar-refractivity contribution in [1.29, 1.82) is 0 Å². The predicted octanol–water partition coefficient (Wildman–Crippen LogP) is 5.00. The van der Waals surface area contributed by atoms with Gasteiger partial charge in [0.15, 0.2) is 0 Å². The number of sulfonamides is 1. The van der Waals surface area contributed by atoms with Crippen LogP contribution in [0.5, 0.6) is 0 Å². The molecule has 2 aromatic rings. The van der Waals surface area contributed by atoms with E-state index in [1.54, 1.807) is 30.5 Å². The van der Waals surface area contributed by atoms with E-state index in [1.807, 2.05) is 19.1 Å². The van der Waals surface area contributed by atoms with Gasteiger partial charge in [0.25, 0.3) is 5.91 Å². The Kier molecular flexibility index (Phi) is 6.54. The van der Waals surface area contributed by atoms with Crippen LogP contribution in [0.2, 0.25) is 0 Å². The third-order valence-electron chi connectivity index (χ3n) is 6.59. The first-order valence-electron chi connectivity index (χ1n) is 11.1. The number of benzene rings is 2. The molecule has 5 nitrogen and oxygen atoms in total. The van der Waals surface area contributed by atoms with E-state index in [0.29, 0.717) is 41.2 Å². The lowest BCUT2D eigenvalue weighted by Crippen LogP contribution is -2.53. The molecule has 0 atom stereocenters. The zero-order valence-electron chi connectivity index (χ0n) is 19.3. The van der Waals surface area contributed by atoms with Crippen molar-refractivity contribution in [3.63, 3.8) is 0 Å². The topological polar surface area (TPSA) is 57.7 Å². The number of halogens is 3. The Balaban J connectivity index is 1.52. The van der Waals surface area contributed by atoms with Gasteiger partial charge >= 0.3 is 6.18 Å². The highest BCUT2D eigenvalue weighted by Gasteiger charge is 2.48. The van der Waals surface area contributed by atoms with Gasteiger partial charge in [-0.2, -0.15) is 17.5 Å². The summed E-state index contributed by atoms with van der Waals surface area (Å²) in [4.78, 5) is 14.7. The molecule has 4 rings (SSSR count). The highest BCUT2D eigenvalue weighted by Crippen LogP contribution is 2.45. The predicted molar refractivity (Wildman–Crippen MR) is 126 cm³/mol. The Bertz CT molecular complexity index is 1180. The molecule has 2 aliphatic rings. The quantitative estimate of drug-likeness (QED) is 0.581. The zero-order chi connectivity index (χ0) is 24.9. The number of alkyl halides is 3. The molecule has 10 heteroatoms. The van der Waals surface area contributed by atoms with Crippen molar-refractivity contribution in [2.24, 2.45) is 0 Å². The van der Waals surface area contributed by atoms with Gasteiger partial charge in [0.2, 0.25) is 10.0 Å². The largest absolute Gasteiger partial charge is 0.416 e. The van der Waals surface area contributed by atoms with Gasteiger partial charge in [-0.15, -0.1) is 11.8 Å². The normalized spacial score (nSPS) is 19.1. The summed E-state index contributed by atoms with van der Waals surface area (Å²) in [7, 11) is -3.68. The molecule has 2 aliphatic heterocycles. The maximum Gasteiger partial charge on any atom is 0.416 e. The standard InChI is InChI=1S/C24H27F3N2O3S2/c1-16-14-17(2)21(18(3)15-16)34(31,32)28-10-8-23(9-11-28)29(12-13-33-23)22(30)19-4-6-20(7-5-19)24(25,26)27/h4-7,14-15H,8-13H2,1-3H3. The lowest BCUT2D eigenvalue weighted by atomic mass is 10.0. The molecule has 0 saturated carbocycles. The van der Waals surface area contributed by atoms with Gasteiger partial charge in [-0.25, -0.2) is 8.42 Å². The number of carbonyl (C=O) groups excluding carboxylic acids is 1. The number of piperidine rings is 1. The summed E-state index contributed by atoms with van der Waals surface area (Å²) in [5.74, 6) is 0.384. The minimum absolute atomic E-state index is 0.204. The van der Waals surface area contributed by atoms with Crippen LogP contribution in [0.4, 0.5) is 13.2 Å². The average Bonchev–Trinajstić information content (AvgIpc) is 3.14. The number of nitrogens with zero attached hydrogens (tertiary/aromatic N) is 2. The summed E-state index contributed by atoms with van der Waals surface area (Å²) in [6, 6.07) is 8.00. The van der Waals surface area contributed by atoms with Crippen LogP contribution in [-0.2, 0) is 16.2 Å². The molecule has 0 unspecified atom stereocenters. The first-order valence-corrected chi connectivity index (χ1v) is 13.5. The minimum Gasteiger partial charge on any atom is -0.323 e. The molecule has 1 amide bonds. The molecular weight excluding hydrogens is 485 g/mol. The summed E-state index contributed by atoms with van der Waals surface area (Å²) in [6.07, 6.45) is -3.53. The molecular formula is C24H27F3N2O3S2. The lowest BCUT2D eigenvalue weighted by Gasteiger charge is -2.43. The van der Waals surface area contributed by atoms with Crippen molar-refractivity contribution in [1.82, 2.24) is 9.21 Å². The van der Waals surface area contributed by atoms with Crippen molar-refractivity contribution in [2.75, 3.05) is 25.4 Å². The Morgan fingerprint density at radius 2 is 1.53 bits per heavy atom. The maximum absolute atomic E-state index is 13.4. The number of thioether (sulfide) groups is 1. The molecule has 0 radical (unpaired) electrons.